The Hall–Kier alpha value is -3.37. The van der Waals surface area contributed by atoms with Crippen molar-refractivity contribution < 1.29 is 18.4 Å². The molecule has 4 rings (SSSR count). The molecule has 2 amide bonds. The van der Waals surface area contributed by atoms with Crippen molar-refractivity contribution in [3.63, 3.8) is 0 Å². The van der Waals surface area contributed by atoms with E-state index in [0.29, 0.717) is 21.5 Å². The highest BCUT2D eigenvalue weighted by Crippen LogP contribution is 2.42. The van der Waals surface area contributed by atoms with Gasteiger partial charge in [-0.15, -0.1) is 11.3 Å². The molecular weight excluding hydrogens is 448 g/mol. The van der Waals surface area contributed by atoms with Gasteiger partial charge in [0.25, 0.3) is 12.3 Å². The van der Waals surface area contributed by atoms with E-state index in [-0.39, 0.29) is 21.9 Å². The zero-order valence-electron chi connectivity index (χ0n) is 15.7. The van der Waals surface area contributed by atoms with E-state index in [4.69, 9.17) is 17.3 Å². The summed E-state index contributed by atoms with van der Waals surface area (Å²) in [5.41, 5.74) is 6.23. The minimum absolute atomic E-state index is 0.0120. The number of nitrogens with zero attached hydrogens (tertiary/aromatic N) is 3. The van der Waals surface area contributed by atoms with E-state index in [1.165, 1.54) is 23.1 Å². The number of pyridine rings is 1. The van der Waals surface area contributed by atoms with Gasteiger partial charge in [-0.3, -0.25) is 14.3 Å². The van der Waals surface area contributed by atoms with Gasteiger partial charge >= 0.3 is 0 Å². The number of nitrogens with one attached hydrogen (secondary N) is 1. The second-order valence-electron chi connectivity index (χ2n) is 6.52. The van der Waals surface area contributed by atoms with E-state index in [1.807, 2.05) is 0 Å². The van der Waals surface area contributed by atoms with Gasteiger partial charge in [-0.25, -0.2) is 13.8 Å². The van der Waals surface area contributed by atoms with Crippen LogP contribution in [0.5, 0.6) is 0 Å². The minimum atomic E-state index is -2.81. The van der Waals surface area contributed by atoms with Gasteiger partial charge in [-0.2, -0.15) is 5.10 Å². The van der Waals surface area contributed by atoms with Crippen LogP contribution in [0.15, 0.2) is 48.8 Å². The number of aromatic nitrogens is 3. The molecule has 0 spiro atoms. The van der Waals surface area contributed by atoms with Crippen molar-refractivity contribution in [2.75, 3.05) is 5.32 Å². The lowest BCUT2D eigenvalue weighted by Gasteiger charge is -2.11. The minimum Gasteiger partial charge on any atom is -0.365 e. The summed E-state index contributed by atoms with van der Waals surface area (Å²) < 4.78 is 28.3. The lowest BCUT2D eigenvalue weighted by Crippen LogP contribution is -2.21. The van der Waals surface area contributed by atoms with Crippen molar-refractivity contribution in [1.82, 2.24) is 14.8 Å². The van der Waals surface area contributed by atoms with Gasteiger partial charge in [0.1, 0.15) is 21.9 Å². The van der Waals surface area contributed by atoms with Crippen molar-refractivity contribution in [1.29, 1.82) is 0 Å². The summed E-state index contributed by atoms with van der Waals surface area (Å²) in [6.45, 7) is -0.175. The predicted octanol–water partition coefficient (Wildman–Crippen LogP) is 4.49. The molecule has 11 heteroatoms. The predicted molar refractivity (Wildman–Crippen MR) is 114 cm³/mol. The molecule has 31 heavy (non-hydrogen) atoms. The van der Waals surface area contributed by atoms with E-state index in [9.17, 15) is 18.4 Å². The van der Waals surface area contributed by atoms with Crippen LogP contribution in [0.4, 0.5) is 14.5 Å². The second kappa shape index (κ2) is 8.40. The van der Waals surface area contributed by atoms with Gasteiger partial charge in [-0.1, -0.05) is 41.9 Å². The van der Waals surface area contributed by atoms with Crippen LogP contribution >= 0.6 is 22.9 Å². The first-order valence-electron chi connectivity index (χ1n) is 8.92. The van der Waals surface area contributed by atoms with Crippen LogP contribution < -0.4 is 11.1 Å². The number of primary amides is 1. The van der Waals surface area contributed by atoms with Crippen LogP contribution in [0.2, 0.25) is 5.02 Å². The highest BCUT2D eigenvalue weighted by Gasteiger charge is 2.25. The molecule has 1 aromatic carbocycles. The molecule has 158 valence electrons. The molecule has 0 saturated carbocycles. The summed E-state index contributed by atoms with van der Waals surface area (Å²) in [6.07, 6.45) is 0.0364. The molecule has 0 radical (unpaired) electrons. The summed E-state index contributed by atoms with van der Waals surface area (Å²) in [5.74, 6) is -1.31. The van der Waals surface area contributed by atoms with E-state index in [0.717, 1.165) is 11.3 Å². The number of nitrogens with two attached hydrogens (primary N) is 1. The Morgan fingerprint density at radius 1 is 1.26 bits per heavy atom. The third-order valence-corrected chi connectivity index (χ3v) is 5.68. The van der Waals surface area contributed by atoms with Crippen LogP contribution in [0.25, 0.3) is 21.3 Å². The summed E-state index contributed by atoms with van der Waals surface area (Å²) in [5, 5.41) is 7.34. The maximum absolute atomic E-state index is 13.5. The van der Waals surface area contributed by atoms with Crippen LogP contribution in [0, 0.1) is 0 Å². The number of hydrogen-bond donors (Lipinski definition) is 2. The SMILES string of the molecule is NC(=O)c1sc2nc(C(F)F)cc(-c3ccccc3)c2c1NC(=O)Cn1cc(Cl)cn1. The number of hydrogen-bond acceptors (Lipinski definition) is 5. The molecule has 0 saturated heterocycles. The van der Waals surface area contributed by atoms with E-state index in [2.05, 4.69) is 15.4 Å². The number of rotatable bonds is 6. The summed E-state index contributed by atoms with van der Waals surface area (Å²) >= 11 is 6.66. The molecule has 7 nitrogen and oxygen atoms in total. The molecule has 3 heterocycles. The molecule has 3 aromatic heterocycles. The van der Waals surface area contributed by atoms with Gasteiger partial charge in [-0.05, 0) is 17.2 Å². The monoisotopic (exact) mass is 461 g/mol. The second-order valence-corrected chi connectivity index (χ2v) is 7.95. The van der Waals surface area contributed by atoms with Crippen molar-refractivity contribution in [3.8, 4) is 11.1 Å². The first kappa shape index (κ1) is 20.9. The molecular formula is C20H14ClF2N5O2S. The fraction of sp³-hybridized carbons (Fsp3) is 0.100. The fourth-order valence-electron chi connectivity index (χ4n) is 3.12. The van der Waals surface area contributed by atoms with Gasteiger partial charge in [0.15, 0.2) is 0 Å². The number of carbonyl (C=O) groups excluding carboxylic acids is 2. The third-order valence-electron chi connectivity index (χ3n) is 4.39. The zero-order chi connectivity index (χ0) is 22.1. The zero-order valence-corrected chi connectivity index (χ0v) is 17.3. The van der Waals surface area contributed by atoms with Crippen molar-refractivity contribution >= 4 is 50.7 Å². The number of benzene rings is 1. The van der Waals surface area contributed by atoms with Gasteiger partial charge < -0.3 is 11.1 Å². The Kier molecular flexibility index (Phi) is 5.66. The lowest BCUT2D eigenvalue weighted by atomic mass is 10.0. The third kappa shape index (κ3) is 4.25. The molecule has 0 aliphatic rings. The quantitative estimate of drug-likeness (QED) is 0.441. The number of alkyl halides is 2. The number of carbonyl (C=O) groups is 2. The average Bonchev–Trinajstić information content (AvgIpc) is 3.31. The standard InChI is InChI=1S/C20H14ClF2N5O2S/c21-11-7-25-28(8-11)9-14(29)27-16-15-12(10-4-2-1-3-5-10)6-13(18(22)23)26-20(15)31-17(16)19(24)30/h1-8,18H,9H2,(H2,24,30)(H,27,29). The van der Waals surface area contributed by atoms with Crippen LogP contribution in [0.1, 0.15) is 21.8 Å². The van der Waals surface area contributed by atoms with Gasteiger partial charge in [0.05, 0.1) is 16.9 Å². The largest absolute Gasteiger partial charge is 0.365 e. The van der Waals surface area contributed by atoms with Crippen molar-refractivity contribution in [2.45, 2.75) is 13.0 Å². The molecule has 0 unspecified atom stereocenters. The fourth-order valence-corrected chi connectivity index (χ4v) is 4.29. The molecule has 0 aliphatic carbocycles. The summed E-state index contributed by atoms with van der Waals surface area (Å²) in [4.78, 5) is 28.9. The van der Waals surface area contributed by atoms with E-state index in [1.54, 1.807) is 30.3 Å². The van der Waals surface area contributed by atoms with Crippen LogP contribution in [-0.4, -0.2) is 26.6 Å². The Morgan fingerprint density at radius 3 is 2.61 bits per heavy atom. The first-order chi connectivity index (χ1) is 14.8. The Labute approximate surface area is 183 Å². The Balaban J connectivity index is 1.87. The molecule has 0 bridgehead atoms. The van der Waals surface area contributed by atoms with Crippen LogP contribution in [-0.2, 0) is 11.3 Å². The normalized spacial score (nSPS) is 11.2. The lowest BCUT2D eigenvalue weighted by molar-refractivity contribution is -0.116. The number of halogens is 3. The van der Waals surface area contributed by atoms with Crippen molar-refractivity contribution in [3.05, 3.63) is 64.4 Å². The highest BCUT2D eigenvalue weighted by molar-refractivity contribution is 7.21. The average molecular weight is 462 g/mol. The molecule has 0 fully saturated rings. The molecule has 0 atom stereocenters. The Bertz CT molecular complexity index is 1290. The molecule has 3 N–H and O–H groups in total. The number of anilines is 1. The van der Waals surface area contributed by atoms with Crippen molar-refractivity contribution in [2.24, 2.45) is 5.73 Å². The molecule has 0 aliphatic heterocycles. The maximum Gasteiger partial charge on any atom is 0.280 e. The number of amides is 2. The first-order valence-corrected chi connectivity index (χ1v) is 10.1. The number of thiophene rings is 1. The summed E-state index contributed by atoms with van der Waals surface area (Å²) in [6, 6.07) is 10.0. The highest BCUT2D eigenvalue weighted by atomic mass is 35.5. The van der Waals surface area contributed by atoms with E-state index < -0.39 is 23.9 Å². The molecule has 4 aromatic rings. The maximum atomic E-state index is 13.5. The Morgan fingerprint density at radius 2 is 2.00 bits per heavy atom. The summed E-state index contributed by atoms with van der Waals surface area (Å²) in [7, 11) is 0. The van der Waals surface area contributed by atoms with Gasteiger partial charge in [0.2, 0.25) is 5.91 Å². The van der Waals surface area contributed by atoms with E-state index >= 15 is 0 Å². The van der Waals surface area contributed by atoms with Gasteiger partial charge in [0, 0.05) is 11.6 Å². The van der Waals surface area contributed by atoms with Crippen LogP contribution in [0.3, 0.4) is 0 Å². The smallest absolute Gasteiger partial charge is 0.280 e. The topological polar surface area (TPSA) is 103 Å². The number of fused-ring (bicyclic) bond motifs is 1.